The van der Waals surface area contributed by atoms with E-state index in [9.17, 15) is 5.11 Å². The molecule has 1 aromatic carbocycles. The van der Waals surface area contributed by atoms with Crippen LogP contribution in [0.5, 0.6) is 5.75 Å². The average molecular weight is 256 g/mol. The Morgan fingerprint density at radius 2 is 2.24 bits per heavy atom. The number of ether oxygens (including phenoxy) is 1. The van der Waals surface area contributed by atoms with Gasteiger partial charge in [0.15, 0.2) is 0 Å². The molecular formula is C13H18ClNO2. The van der Waals surface area contributed by atoms with E-state index in [2.05, 4.69) is 4.90 Å². The van der Waals surface area contributed by atoms with Crippen LogP contribution in [0.15, 0.2) is 18.2 Å². The van der Waals surface area contributed by atoms with Crippen LogP contribution in [-0.4, -0.2) is 37.3 Å². The maximum atomic E-state index is 10.7. The molecule has 1 aromatic rings. The molecule has 1 unspecified atom stereocenters. The summed E-state index contributed by atoms with van der Waals surface area (Å²) in [6.45, 7) is 1.69. The predicted molar refractivity (Wildman–Crippen MR) is 68.6 cm³/mol. The fourth-order valence-electron chi connectivity index (χ4n) is 2.43. The third kappa shape index (κ3) is 2.57. The van der Waals surface area contributed by atoms with E-state index in [0.717, 1.165) is 24.9 Å². The number of benzene rings is 1. The summed E-state index contributed by atoms with van der Waals surface area (Å²) in [6.07, 6.45) is 1.78. The number of methoxy groups -OCH3 is 1. The van der Waals surface area contributed by atoms with Crippen LogP contribution < -0.4 is 4.74 Å². The summed E-state index contributed by atoms with van der Waals surface area (Å²) in [7, 11) is 3.61. The highest BCUT2D eigenvalue weighted by Crippen LogP contribution is 2.35. The molecule has 0 amide bonds. The van der Waals surface area contributed by atoms with Gasteiger partial charge < -0.3 is 14.7 Å². The van der Waals surface area contributed by atoms with E-state index in [0.29, 0.717) is 17.3 Å². The molecule has 1 fully saturated rings. The van der Waals surface area contributed by atoms with Crippen molar-refractivity contribution in [2.45, 2.75) is 18.4 Å². The van der Waals surface area contributed by atoms with Gasteiger partial charge in [0, 0.05) is 6.54 Å². The van der Waals surface area contributed by atoms with E-state index in [1.165, 1.54) is 0 Å². The van der Waals surface area contributed by atoms with Crippen molar-refractivity contribution in [1.29, 1.82) is 0 Å². The summed E-state index contributed by atoms with van der Waals surface area (Å²) in [5, 5.41) is 11.3. The first-order chi connectivity index (χ1) is 8.05. The highest BCUT2D eigenvalue weighted by molar-refractivity contribution is 6.32. The van der Waals surface area contributed by atoms with Gasteiger partial charge in [-0.1, -0.05) is 17.7 Å². The largest absolute Gasteiger partial charge is 0.495 e. The third-order valence-corrected chi connectivity index (χ3v) is 3.66. The van der Waals surface area contributed by atoms with E-state index in [1.807, 2.05) is 19.2 Å². The van der Waals surface area contributed by atoms with E-state index < -0.39 is 5.60 Å². The minimum absolute atomic E-state index is 0.573. The number of halogens is 1. The highest BCUT2D eigenvalue weighted by Gasteiger charge is 2.34. The molecule has 1 atom stereocenters. The summed E-state index contributed by atoms with van der Waals surface area (Å²) in [5.41, 5.74) is 0.0931. The Bertz CT molecular complexity index is 410. The molecule has 1 aliphatic heterocycles. The molecule has 1 saturated heterocycles. The summed E-state index contributed by atoms with van der Waals surface area (Å²) in [5.74, 6) is 0.616. The molecule has 17 heavy (non-hydrogen) atoms. The van der Waals surface area contributed by atoms with Gasteiger partial charge >= 0.3 is 0 Å². The molecule has 0 aliphatic carbocycles. The van der Waals surface area contributed by atoms with Crippen LogP contribution in [0.4, 0.5) is 0 Å². The van der Waals surface area contributed by atoms with Crippen LogP contribution in [0.1, 0.15) is 18.4 Å². The molecular weight excluding hydrogens is 238 g/mol. The molecule has 0 aromatic heterocycles. The molecule has 0 bridgehead atoms. The number of rotatable bonds is 2. The Kier molecular flexibility index (Phi) is 3.61. The zero-order valence-corrected chi connectivity index (χ0v) is 11.0. The Hall–Kier alpha value is -0.770. The number of likely N-dealkylation sites (tertiary alicyclic amines) is 1. The van der Waals surface area contributed by atoms with Crippen molar-refractivity contribution < 1.29 is 9.84 Å². The summed E-state index contributed by atoms with van der Waals surface area (Å²) in [6, 6.07) is 5.49. The molecule has 94 valence electrons. The van der Waals surface area contributed by atoms with Crippen LogP contribution in [-0.2, 0) is 5.60 Å². The van der Waals surface area contributed by atoms with Crippen molar-refractivity contribution in [1.82, 2.24) is 4.90 Å². The molecule has 1 N–H and O–H groups in total. The van der Waals surface area contributed by atoms with Crippen molar-refractivity contribution in [3.63, 3.8) is 0 Å². The first kappa shape index (κ1) is 12.7. The van der Waals surface area contributed by atoms with Crippen LogP contribution in [0, 0.1) is 0 Å². The molecule has 4 heteroatoms. The van der Waals surface area contributed by atoms with Crippen LogP contribution in [0.2, 0.25) is 5.02 Å². The summed E-state index contributed by atoms with van der Waals surface area (Å²) >= 11 is 5.99. The van der Waals surface area contributed by atoms with Crippen LogP contribution in [0.25, 0.3) is 0 Å². The van der Waals surface area contributed by atoms with Gasteiger partial charge in [0.25, 0.3) is 0 Å². The van der Waals surface area contributed by atoms with Crippen LogP contribution in [0.3, 0.4) is 0 Å². The second-order valence-corrected chi connectivity index (χ2v) is 5.13. The van der Waals surface area contributed by atoms with Gasteiger partial charge in [0.1, 0.15) is 11.4 Å². The van der Waals surface area contributed by atoms with Gasteiger partial charge in [0.2, 0.25) is 0 Å². The standard InChI is InChI=1S/C13H18ClNO2/c1-15-7-3-6-13(16,9-15)10-4-5-11(14)12(8-10)17-2/h4-5,8,16H,3,6-7,9H2,1-2H3. The fraction of sp³-hybridized carbons (Fsp3) is 0.538. The van der Waals surface area contributed by atoms with Crippen LogP contribution >= 0.6 is 11.6 Å². The number of likely N-dealkylation sites (N-methyl/N-ethyl adjacent to an activating group) is 1. The fourth-order valence-corrected chi connectivity index (χ4v) is 2.63. The van der Waals surface area contributed by atoms with Crippen molar-refractivity contribution in [3.05, 3.63) is 28.8 Å². The molecule has 1 aliphatic rings. The number of β-amino-alcohol motifs (C(OH)–C–C–N with tert-alkyl or cyclic N) is 1. The average Bonchev–Trinajstić information content (AvgIpc) is 2.29. The monoisotopic (exact) mass is 255 g/mol. The minimum Gasteiger partial charge on any atom is -0.495 e. The quantitative estimate of drug-likeness (QED) is 0.880. The molecule has 0 radical (unpaired) electrons. The Labute approximate surface area is 107 Å². The molecule has 0 spiro atoms. The predicted octanol–water partition coefficient (Wildman–Crippen LogP) is 2.26. The van der Waals surface area contributed by atoms with Crippen molar-refractivity contribution in [2.24, 2.45) is 0 Å². The second-order valence-electron chi connectivity index (χ2n) is 4.72. The smallest absolute Gasteiger partial charge is 0.137 e. The van der Waals surface area contributed by atoms with Crippen molar-refractivity contribution in [2.75, 3.05) is 27.2 Å². The number of hydrogen-bond donors (Lipinski definition) is 1. The van der Waals surface area contributed by atoms with Gasteiger partial charge in [-0.2, -0.15) is 0 Å². The van der Waals surface area contributed by atoms with Gasteiger partial charge in [-0.25, -0.2) is 0 Å². The summed E-state index contributed by atoms with van der Waals surface area (Å²) in [4.78, 5) is 2.14. The first-order valence-electron chi connectivity index (χ1n) is 5.80. The first-order valence-corrected chi connectivity index (χ1v) is 6.18. The molecule has 2 rings (SSSR count). The zero-order chi connectivity index (χ0) is 12.5. The summed E-state index contributed by atoms with van der Waals surface area (Å²) < 4.78 is 5.19. The van der Waals surface area contributed by atoms with Gasteiger partial charge in [-0.15, -0.1) is 0 Å². The third-order valence-electron chi connectivity index (χ3n) is 3.35. The van der Waals surface area contributed by atoms with Gasteiger partial charge in [-0.3, -0.25) is 0 Å². The Balaban J connectivity index is 2.32. The van der Waals surface area contributed by atoms with Crippen molar-refractivity contribution in [3.8, 4) is 5.75 Å². The number of nitrogens with zero attached hydrogens (tertiary/aromatic N) is 1. The number of hydrogen-bond acceptors (Lipinski definition) is 3. The normalized spacial score (nSPS) is 25.9. The Morgan fingerprint density at radius 3 is 2.88 bits per heavy atom. The lowest BCUT2D eigenvalue weighted by Crippen LogP contribution is -2.44. The number of piperidine rings is 1. The second kappa shape index (κ2) is 4.84. The molecule has 0 saturated carbocycles. The minimum atomic E-state index is -0.787. The van der Waals surface area contributed by atoms with E-state index in [4.69, 9.17) is 16.3 Å². The Morgan fingerprint density at radius 1 is 1.47 bits per heavy atom. The maximum Gasteiger partial charge on any atom is 0.137 e. The van der Waals surface area contributed by atoms with E-state index >= 15 is 0 Å². The molecule has 1 heterocycles. The SMILES string of the molecule is COc1cc(C2(O)CCCN(C)C2)ccc1Cl. The van der Waals surface area contributed by atoms with Crippen molar-refractivity contribution >= 4 is 11.6 Å². The topological polar surface area (TPSA) is 32.7 Å². The number of aliphatic hydroxyl groups is 1. The lowest BCUT2D eigenvalue weighted by Gasteiger charge is -2.38. The van der Waals surface area contributed by atoms with Gasteiger partial charge in [0.05, 0.1) is 12.1 Å². The zero-order valence-electron chi connectivity index (χ0n) is 10.2. The lowest BCUT2D eigenvalue weighted by atomic mass is 9.86. The molecule has 3 nitrogen and oxygen atoms in total. The van der Waals surface area contributed by atoms with Gasteiger partial charge in [-0.05, 0) is 44.1 Å². The van der Waals surface area contributed by atoms with E-state index in [1.54, 1.807) is 13.2 Å². The van der Waals surface area contributed by atoms with E-state index in [-0.39, 0.29) is 0 Å². The maximum absolute atomic E-state index is 10.7. The lowest BCUT2D eigenvalue weighted by molar-refractivity contribution is -0.0279. The highest BCUT2D eigenvalue weighted by atomic mass is 35.5.